The number of aromatic amines is 1. The number of fused-ring (bicyclic) bond motifs is 1. The van der Waals surface area contributed by atoms with Gasteiger partial charge in [-0.15, -0.1) is 0 Å². The van der Waals surface area contributed by atoms with Crippen molar-refractivity contribution in [2.45, 2.75) is 12.8 Å². The average Bonchev–Trinajstić information content (AvgIpc) is 2.95. The highest BCUT2D eigenvalue weighted by Crippen LogP contribution is 2.41. The first-order valence-corrected chi connectivity index (χ1v) is 6.48. The summed E-state index contributed by atoms with van der Waals surface area (Å²) in [5.41, 5.74) is 5.88. The first-order valence-electron chi connectivity index (χ1n) is 6.48. The van der Waals surface area contributed by atoms with E-state index in [1.165, 1.54) is 6.07 Å². The van der Waals surface area contributed by atoms with Crippen LogP contribution in [0.15, 0.2) is 38.9 Å². The second-order valence-corrected chi connectivity index (χ2v) is 4.92. The number of nitrogens with two attached hydrogens (primary N) is 1. The number of rotatable bonds is 2. The molecule has 116 valence electrons. The first kappa shape index (κ1) is 14.4. The molecule has 0 unspecified atom stereocenters. The van der Waals surface area contributed by atoms with E-state index in [9.17, 15) is 20.2 Å². The Balaban J connectivity index is 2.27. The van der Waals surface area contributed by atoms with Gasteiger partial charge in [-0.3, -0.25) is 14.9 Å². The number of nitrogens with one attached hydrogen (secondary N) is 1. The molecule has 0 saturated heterocycles. The van der Waals surface area contributed by atoms with Gasteiger partial charge in [-0.1, -0.05) is 0 Å². The topological polar surface area (TPSA) is 148 Å². The van der Waals surface area contributed by atoms with Crippen molar-refractivity contribution in [3.05, 3.63) is 67.1 Å². The highest BCUT2D eigenvalue weighted by molar-refractivity contribution is 5.53. The molecule has 2 aromatic heterocycles. The number of furan rings is 1. The fraction of sp³-hybridized carbons (Fsp3) is 0.143. The maximum atomic E-state index is 12.3. The normalized spacial score (nSPS) is 16.4. The van der Waals surface area contributed by atoms with Gasteiger partial charge in [0.1, 0.15) is 28.1 Å². The summed E-state index contributed by atoms with van der Waals surface area (Å²) in [7, 11) is 0. The van der Waals surface area contributed by atoms with Gasteiger partial charge in [-0.25, -0.2) is 0 Å². The molecule has 3 N–H and O–H groups in total. The van der Waals surface area contributed by atoms with Crippen LogP contribution in [0, 0.1) is 28.4 Å². The van der Waals surface area contributed by atoms with Crippen LogP contribution in [0.4, 0.5) is 5.88 Å². The number of nitrogens with zero attached hydrogens (tertiary/aromatic N) is 2. The summed E-state index contributed by atoms with van der Waals surface area (Å²) in [6, 6.07) is 5.91. The molecule has 23 heavy (non-hydrogen) atoms. The van der Waals surface area contributed by atoms with E-state index in [-0.39, 0.29) is 28.5 Å². The molecule has 1 aliphatic heterocycles. The van der Waals surface area contributed by atoms with E-state index >= 15 is 0 Å². The molecule has 0 amide bonds. The van der Waals surface area contributed by atoms with Crippen molar-refractivity contribution in [2.24, 2.45) is 5.73 Å². The van der Waals surface area contributed by atoms with Crippen molar-refractivity contribution >= 4 is 5.88 Å². The van der Waals surface area contributed by atoms with Crippen molar-refractivity contribution in [2.75, 3.05) is 0 Å². The Hall–Kier alpha value is -3.54. The number of hydrogen-bond donors (Lipinski definition) is 2. The largest absolute Gasteiger partial charge is 0.440 e. The predicted octanol–water partition coefficient (Wildman–Crippen LogP) is 1.40. The van der Waals surface area contributed by atoms with Gasteiger partial charge in [0, 0.05) is 11.8 Å². The Kier molecular flexibility index (Phi) is 3.15. The molecule has 0 spiro atoms. The summed E-state index contributed by atoms with van der Waals surface area (Å²) in [4.78, 5) is 25.0. The minimum absolute atomic E-state index is 0.0453. The van der Waals surface area contributed by atoms with Gasteiger partial charge in [-0.2, -0.15) is 5.26 Å². The number of nitro groups is 1. The average molecular weight is 314 g/mol. The quantitative estimate of drug-likeness (QED) is 0.628. The molecule has 1 aliphatic rings. The van der Waals surface area contributed by atoms with Crippen molar-refractivity contribution in [3.63, 3.8) is 0 Å². The van der Waals surface area contributed by atoms with Crippen molar-refractivity contribution in [1.29, 1.82) is 5.26 Å². The van der Waals surface area contributed by atoms with E-state index in [1.807, 2.05) is 6.07 Å². The summed E-state index contributed by atoms with van der Waals surface area (Å²) in [5.74, 6) is -1.38. The first-order chi connectivity index (χ1) is 10.9. The molecule has 2 aromatic rings. The lowest BCUT2D eigenvalue weighted by Crippen LogP contribution is -2.27. The van der Waals surface area contributed by atoms with Crippen LogP contribution < -0.4 is 16.0 Å². The summed E-state index contributed by atoms with van der Waals surface area (Å²) < 4.78 is 10.5. The van der Waals surface area contributed by atoms with E-state index in [4.69, 9.17) is 14.9 Å². The lowest BCUT2D eigenvalue weighted by molar-refractivity contribution is -0.402. The lowest BCUT2D eigenvalue weighted by Gasteiger charge is -2.23. The molecule has 1 atom stereocenters. The molecule has 0 saturated carbocycles. The number of aromatic nitrogens is 1. The maximum absolute atomic E-state index is 12.3. The van der Waals surface area contributed by atoms with Gasteiger partial charge in [0.15, 0.2) is 0 Å². The standard InChI is InChI=1S/C14H10N4O5/c1-6-4-9-12(14(19)17-6)11(7(5-15)13(16)23-9)8-2-3-10(22-8)18(20)21/h2-4,11H,16H2,1H3,(H,17,19)/t11-/m0/s1. The van der Waals surface area contributed by atoms with Crippen LogP contribution in [-0.2, 0) is 0 Å². The van der Waals surface area contributed by atoms with Crippen LogP contribution in [0.3, 0.4) is 0 Å². The number of ether oxygens (including phenoxy) is 1. The minimum atomic E-state index is -0.971. The smallest absolute Gasteiger partial charge is 0.433 e. The zero-order chi connectivity index (χ0) is 16.7. The SMILES string of the molecule is Cc1cc2c(c(=O)[nH]1)[C@H](c1ccc([N+](=O)[O-])o1)C(C#N)=C(N)O2. The number of pyridine rings is 1. The van der Waals surface area contributed by atoms with Crippen molar-refractivity contribution < 1.29 is 14.1 Å². The van der Waals surface area contributed by atoms with Crippen molar-refractivity contribution in [1.82, 2.24) is 4.98 Å². The zero-order valence-corrected chi connectivity index (χ0v) is 11.8. The van der Waals surface area contributed by atoms with Crippen LogP contribution >= 0.6 is 0 Å². The highest BCUT2D eigenvalue weighted by Gasteiger charge is 2.36. The third kappa shape index (κ3) is 2.22. The minimum Gasteiger partial charge on any atom is -0.440 e. The third-order valence-corrected chi connectivity index (χ3v) is 3.43. The van der Waals surface area contributed by atoms with E-state index in [0.717, 1.165) is 6.07 Å². The summed E-state index contributed by atoms with van der Waals surface area (Å²) in [5, 5.41) is 20.1. The Labute approximate surface area is 128 Å². The Morgan fingerprint density at radius 1 is 1.48 bits per heavy atom. The molecule has 0 fully saturated rings. The molecule has 0 radical (unpaired) electrons. The Morgan fingerprint density at radius 2 is 2.22 bits per heavy atom. The zero-order valence-electron chi connectivity index (χ0n) is 11.8. The summed E-state index contributed by atoms with van der Waals surface area (Å²) in [6.07, 6.45) is 0. The predicted molar refractivity (Wildman–Crippen MR) is 76.5 cm³/mol. The van der Waals surface area contributed by atoms with Gasteiger partial charge in [0.05, 0.1) is 17.5 Å². The van der Waals surface area contributed by atoms with E-state index in [0.29, 0.717) is 5.69 Å². The fourth-order valence-electron chi connectivity index (χ4n) is 2.49. The Bertz CT molecular complexity index is 947. The number of allylic oxidation sites excluding steroid dienone is 1. The van der Waals surface area contributed by atoms with Gasteiger partial charge in [0.2, 0.25) is 5.88 Å². The molecule has 0 aliphatic carbocycles. The third-order valence-electron chi connectivity index (χ3n) is 3.43. The fourth-order valence-corrected chi connectivity index (χ4v) is 2.49. The van der Waals surface area contributed by atoms with Crippen LogP contribution in [0.5, 0.6) is 5.75 Å². The van der Waals surface area contributed by atoms with E-state index in [1.54, 1.807) is 13.0 Å². The molecular formula is C14H10N4O5. The molecule has 9 nitrogen and oxygen atoms in total. The Morgan fingerprint density at radius 3 is 2.83 bits per heavy atom. The number of nitriles is 1. The molecule has 0 aromatic carbocycles. The molecule has 9 heteroatoms. The molecule has 3 rings (SSSR count). The van der Waals surface area contributed by atoms with Crippen LogP contribution in [0.25, 0.3) is 0 Å². The lowest BCUT2D eigenvalue weighted by atomic mass is 9.88. The number of H-pyrrole nitrogens is 1. The van der Waals surface area contributed by atoms with Crippen LogP contribution in [0.2, 0.25) is 0 Å². The van der Waals surface area contributed by atoms with Crippen LogP contribution in [-0.4, -0.2) is 9.91 Å². The molecule has 3 heterocycles. The molecule has 0 bridgehead atoms. The summed E-state index contributed by atoms with van der Waals surface area (Å²) >= 11 is 0. The number of aryl methyl sites for hydroxylation is 1. The van der Waals surface area contributed by atoms with E-state index < -0.39 is 22.3 Å². The molecular weight excluding hydrogens is 304 g/mol. The van der Waals surface area contributed by atoms with Gasteiger partial charge >= 0.3 is 5.88 Å². The van der Waals surface area contributed by atoms with Gasteiger partial charge < -0.3 is 19.9 Å². The van der Waals surface area contributed by atoms with Crippen LogP contribution in [0.1, 0.15) is 22.9 Å². The summed E-state index contributed by atoms with van der Waals surface area (Å²) in [6.45, 7) is 1.66. The van der Waals surface area contributed by atoms with Crippen molar-refractivity contribution in [3.8, 4) is 11.8 Å². The number of hydrogen-bond acceptors (Lipinski definition) is 7. The second-order valence-electron chi connectivity index (χ2n) is 4.92. The van der Waals surface area contributed by atoms with Gasteiger partial charge in [0.25, 0.3) is 5.56 Å². The second kappa shape index (κ2) is 5.03. The maximum Gasteiger partial charge on any atom is 0.433 e. The highest BCUT2D eigenvalue weighted by atomic mass is 16.6. The van der Waals surface area contributed by atoms with Gasteiger partial charge in [-0.05, 0) is 13.0 Å². The monoisotopic (exact) mass is 314 g/mol. The van der Waals surface area contributed by atoms with E-state index in [2.05, 4.69) is 4.98 Å².